The minimum absolute atomic E-state index is 0.187. The Bertz CT molecular complexity index is 761. The molecule has 5 heteroatoms. The van der Waals surface area contributed by atoms with E-state index in [1.54, 1.807) is 0 Å². The van der Waals surface area contributed by atoms with Crippen molar-refractivity contribution in [1.29, 1.82) is 0 Å². The highest BCUT2D eigenvalue weighted by Crippen LogP contribution is 2.23. The average Bonchev–Trinajstić information content (AvgIpc) is 2.73. The summed E-state index contributed by atoms with van der Waals surface area (Å²) in [7, 11) is 0. The minimum Gasteiger partial charge on any atom is -0.479 e. The average molecular weight is 414 g/mol. The van der Waals surface area contributed by atoms with Gasteiger partial charge >= 0.3 is 5.97 Å². The van der Waals surface area contributed by atoms with Crippen molar-refractivity contribution in [1.82, 2.24) is 5.32 Å². The number of benzene rings is 2. The maximum atomic E-state index is 11.3. The standard InChI is InChI=1S/C24H31NO3S/c1-3-16-25-23(29)21(20-8-6-5-7-9-20)15-14-18-10-12-19(13-11-18)17-22(24(26)27)28-4-2/h5-13,21-22H,3-4,14-17H2,1-2H3,(H,25,29)(H,26,27)/t21-,22+/m1/s1. The lowest BCUT2D eigenvalue weighted by Crippen LogP contribution is -2.28. The molecule has 0 unspecified atom stereocenters. The zero-order valence-electron chi connectivity index (χ0n) is 17.3. The molecule has 2 atom stereocenters. The molecule has 0 fully saturated rings. The Morgan fingerprint density at radius 2 is 1.72 bits per heavy atom. The third-order valence-corrected chi connectivity index (χ3v) is 5.31. The number of nitrogens with one attached hydrogen (secondary N) is 1. The fourth-order valence-corrected chi connectivity index (χ4v) is 3.65. The van der Waals surface area contributed by atoms with Gasteiger partial charge in [0.25, 0.3) is 0 Å². The second kappa shape index (κ2) is 12.3. The number of carbonyl (C=O) groups is 1. The van der Waals surface area contributed by atoms with E-state index in [-0.39, 0.29) is 5.92 Å². The first-order valence-electron chi connectivity index (χ1n) is 10.3. The maximum absolute atomic E-state index is 11.3. The lowest BCUT2D eigenvalue weighted by molar-refractivity contribution is -0.149. The third-order valence-electron chi connectivity index (χ3n) is 4.88. The molecule has 0 aromatic heterocycles. The molecule has 2 N–H and O–H groups in total. The first kappa shape index (κ1) is 23.0. The fourth-order valence-electron chi connectivity index (χ4n) is 3.29. The van der Waals surface area contributed by atoms with Crippen LogP contribution in [0.15, 0.2) is 54.6 Å². The molecule has 0 heterocycles. The molecule has 0 bridgehead atoms. The van der Waals surface area contributed by atoms with E-state index in [1.807, 2.05) is 25.1 Å². The molecule has 4 nitrogen and oxygen atoms in total. The van der Waals surface area contributed by atoms with E-state index < -0.39 is 12.1 Å². The molecule has 2 rings (SSSR count). The molecule has 2 aromatic carbocycles. The van der Waals surface area contributed by atoms with E-state index in [0.717, 1.165) is 36.4 Å². The molecule has 0 aliphatic heterocycles. The second-order valence-electron chi connectivity index (χ2n) is 7.10. The van der Waals surface area contributed by atoms with Crippen LogP contribution in [0.4, 0.5) is 0 Å². The highest BCUT2D eigenvalue weighted by Gasteiger charge is 2.19. The maximum Gasteiger partial charge on any atom is 0.333 e. The Hall–Kier alpha value is -2.24. The molecule has 0 saturated carbocycles. The van der Waals surface area contributed by atoms with Crippen LogP contribution in [-0.4, -0.2) is 35.3 Å². The number of ether oxygens (including phenoxy) is 1. The molecular weight excluding hydrogens is 382 g/mol. The van der Waals surface area contributed by atoms with Crippen LogP contribution >= 0.6 is 12.2 Å². The fraction of sp³-hybridized carbons (Fsp3) is 0.417. The summed E-state index contributed by atoms with van der Waals surface area (Å²) in [5.41, 5.74) is 3.42. The van der Waals surface area contributed by atoms with Crippen LogP contribution in [0.25, 0.3) is 0 Å². The predicted molar refractivity (Wildman–Crippen MR) is 122 cm³/mol. The van der Waals surface area contributed by atoms with E-state index in [0.29, 0.717) is 13.0 Å². The van der Waals surface area contributed by atoms with Gasteiger partial charge in [-0.05, 0) is 42.9 Å². The number of aliphatic carboxylic acids is 1. The molecule has 0 radical (unpaired) electrons. The molecule has 0 saturated heterocycles. The van der Waals surface area contributed by atoms with Crippen LogP contribution in [-0.2, 0) is 22.4 Å². The van der Waals surface area contributed by atoms with Gasteiger partial charge in [-0.15, -0.1) is 0 Å². The Kier molecular flexibility index (Phi) is 9.81. The number of hydrogen-bond acceptors (Lipinski definition) is 3. The number of thiocarbonyl (C=S) groups is 1. The van der Waals surface area contributed by atoms with Crippen LogP contribution in [0.1, 0.15) is 49.3 Å². The van der Waals surface area contributed by atoms with Crippen molar-refractivity contribution in [3.05, 3.63) is 71.3 Å². The Balaban J connectivity index is 2.01. The van der Waals surface area contributed by atoms with Crippen LogP contribution in [0, 0.1) is 0 Å². The first-order chi connectivity index (χ1) is 14.0. The first-order valence-corrected chi connectivity index (χ1v) is 10.7. The van der Waals surface area contributed by atoms with Gasteiger partial charge in [0, 0.05) is 25.5 Å². The number of aryl methyl sites for hydroxylation is 1. The van der Waals surface area contributed by atoms with E-state index in [1.165, 1.54) is 11.1 Å². The van der Waals surface area contributed by atoms with Crippen LogP contribution in [0.2, 0.25) is 0 Å². The van der Waals surface area contributed by atoms with Gasteiger partial charge in [0.05, 0.1) is 4.99 Å². The summed E-state index contributed by atoms with van der Waals surface area (Å²) in [6.07, 6.45) is 2.45. The third kappa shape index (κ3) is 7.59. The summed E-state index contributed by atoms with van der Waals surface area (Å²) in [5, 5.41) is 12.6. The zero-order valence-corrected chi connectivity index (χ0v) is 18.1. The Morgan fingerprint density at radius 3 is 2.31 bits per heavy atom. The van der Waals surface area contributed by atoms with Gasteiger partial charge in [0.15, 0.2) is 6.10 Å². The molecule has 29 heavy (non-hydrogen) atoms. The smallest absolute Gasteiger partial charge is 0.333 e. The van der Waals surface area contributed by atoms with Gasteiger partial charge in [0.2, 0.25) is 0 Å². The Labute approximate surface area is 179 Å². The van der Waals surface area contributed by atoms with Gasteiger partial charge in [-0.3, -0.25) is 0 Å². The van der Waals surface area contributed by atoms with E-state index in [4.69, 9.17) is 17.0 Å². The molecule has 0 aliphatic carbocycles. The van der Waals surface area contributed by atoms with Crippen LogP contribution in [0.5, 0.6) is 0 Å². The van der Waals surface area contributed by atoms with E-state index >= 15 is 0 Å². The Morgan fingerprint density at radius 1 is 1.07 bits per heavy atom. The van der Waals surface area contributed by atoms with Crippen LogP contribution in [0.3, 0.4) is 0 Å². The van der Waals surface area contributed by atoms with Crippen LogP contribution < -0.4 is 5.32 Å². The molecule has 0 aliphatic rings. The highest BCUT2D eigenvalue weighted by atomic mass is 32.1. The number of carboxylic acid groups (broad SMARTS) is 1. The van der Waals surface area contributed by atoms with Crippen molar-refractivity contribution in [3.63, 3.8) is 0 Å². The van der Waals surface area contributed by atoms with Crippen molar-refractivity contribution in [2.75, 3.05) is 13.2 Å². The minimum atomic E-state index is -0.922. The monoisotopic (exact) mass is 413 g/mol. The van der Waals surface area contributed by atoms with E-state index in [9.17, 15) is 9.90 Å². The van der Waals surface area contributed by atoms with Crippen molar-refractivity contribution in [3.8, 4) is 0 Å². The SMILES string of the molecule is CCCNC(=S)[C@H](CCc1ccc(C[C@H](OCC)C(=O)O)cc1)c1ccccc1. The van der Waals surface area contributed by atoms with Gasteiger partial charge in [0.1, 0.15) is 0 Å². The summed E-state index contributed by atoms with van der Waals surface area (Å²) in [5.74, 6) is -0.735. The van der Waals surface area contributed by atoms with Gasteiger partial charge < -0.3 is 15.2 Å². The summed E-state index contributed by atoms with van der Waals surface area (Å²) >= 11 is 5.68. The molecule has 2 aromatic rings. The van der Waals surface area contributed by atoms with Crippen molar-refractivity contribution >= 4 is 23.2 Å². The van der Waals surface area contributed by atoms with Crippen molar-refractivity contribution in [2.24, 2.45) is 0 Å². The molecular formula is C24H31NO3S. The largest absolute Gasteiger partial charge is 0.479 e. The number of rotatable bonds is 12. The molecule has 0 amide bonds. The molecule has 0 spiro atoms. The summed E-state index contributed by atoms with van der Waals surface area (Å²) < 4.78 is 5.30. The number of hydrogen-bond donors (Lipinski definition) is 2. The summed E-state index contributed by atoms with van der Waals surface area (Å²) in [6, 6.07) is 18.5. The summed E-state index contributed by atoms with van der Waals surface area (Å²) in [4.78, 5) is 12.2. The predicted octanol–water partition coefficient (Wildman–Crippen LogP) is 4.76. The van der Waals surface area contributed by atoms with E-state index in [2.05, 4.69) is 48.6 Å². The lowest BCUT2D eigenvalue weighted by Gasteiger charge is -2.20. The van der Waals surface area contributed by atoms with Gasteiger partial charge in [-0.1, -0.05) is 73.7 Å². The quantitative estimate of drug-likeness (QED) is 0.491. The topological polar surface area (TPSA) is 58.6 Å². The zero-order chi connectivity index (χ0) is 21.1. The highest BCUT2D eigenvalue weighted by molar-refractivity contribution is 7.80. The summed E-state index contributed by atoms with van der Waals surface area (Å²) in [6.45, 7) is 5.22. The van der Waals surface area contributed by atoms with Crippen molar-refractivity contribution in [2.45, 2.75) is 51.6 Å². The van der Waals surface area contributed by atoms with Gasteiger partial charge in [-0.2, -0.15) is 0 Å². The normalized spacial score (nSPS) is 12.9. The van der Waals surface area contributed by atoms with Crippen molar-refractivity contribution < 1.29 is 14.6 Å². The van der Waals surface area contributed by atoms with Gasteiger partial charge in [-0.25, -0.2) is 4.79 Å². The second-order valence-corrected chi connectivity index (χ2v) is 7.54. The lowest BCUT2D eigenvalue weighted by atomic mass is 9.91. The molecule has 156 valence electrons. The number of carboxylic acids is 1.